The van der Waals surface area contributed by atoms with Gasteiger partial charge < -0.3 is 5.32 Å². The van der Waals surface area contributed by atoms with Gasteiger partial charge in [-0.05, 0) is 90.1 Å². The summed E-state index contributed by atoms with van der Waals surface area (Å²) in [5.41, 5.74) is 0. The molecule has 0 bridgehead atoms. The summed E-state index contributed by atoms with van der Waals surface area (Å²) < 4.78 is 0. The highest BCUT2D eigenvalue weighted by Crippen LogP contribution is 2.09. The Morgan fingerprint density at radius 3 is 0.973 bits per heavy atom. The Morgan fingerprint density at radius 1 is 0.324 bits per heavy atom. The summed E-state index contributed by atoms with van der Waals surface area (Å²) >= 11 is 0. The lowest BCUT2D eigenvalue weighted by Crippen LogP contribution is -2.16. The molecular formula is C36H67N. The van der Waals surface area contributed by atoms with Crippen LogP contribution in [0.25, 0.3) is 0 Å². The first kappa shape index (κ1) is 35.9. The van der Waals surface area contributed by atoms with Crippen LogP contribution in [-0.4, -0.2) is 13.1 Å². The summed E-state index contributed by atoms with van der Waals surface area (Å²) in [7, 11) is 0. The number of hydrogen-bond acceptors (Lipinski definition) is 1. The molecule has 0 saturated heterocycles. The second-order valence-corrected chi connectivity index (χ2v) is 10.9. The molecule has 0 saturated carbocycles. The molecule has 0 heterocycles. The molecule has 0 aliphatic carbocycles. The molecule has 0 rings (SSSR count). The molecule has 1 heteroatoms. The normalized spacial score (nSPS) is 12.4. The maximum Gasteiger partial charge on any atom is -0.00489 e. The zero-order valence-corrected chi connectivity index (χ0v) is 25.5. The predicted octanol–water partition coefficient (Wildman–Crippen LogP) is 12.2. The van der Waals surface area contributed by atoms with Crippen molar-refractivity contribution in [3.8, 4) is 0 Å². The quantitative estimate of drug-likeness (QED) is 0.0743. The average Bonchev–Trinajstić information content (AvgIpc) is 2.91. The van der Waals surface area contributed by atoms with E-state index in [4.69, 9.17) is 0 Å². The largest absolute Gasteiger partial charge is 0.317 e. The summed E-state index contributed by atoms with van der Waals surface area (Å²) in [6.45, 7) is 6.97. The van der Waals surface area contributed by atoms with Gasteiger partial charge in [0.15, 0.2) is 0 Å². The van der Waals surface area contributed by atoms with Gasteiger partial charge in [0.2, 0.25) is 0 Å². The number of hydrogen-bond donors (Lipinski definition) is 1. The second-order valence-electron chi connectivity index (χ2n) is 10.9. The smallest absolute Gasteiger partial charge is 0.00489 e. The summed E-state index contributed by atoms with van der Waals surface area (Å²) in [5.74, 6) is 0. The minimum atomic E-state index is 1.12. The van der Waals surface area contributed by atoms with Crippen LogP contribution in [0.2, 0.25) is 0 Å². The van der Waals surface area contributed by atoms with Gasteiger partial charge >= 0.3 is 0 Å². The van der Waals surface area contributed by atoms with E-state index < -0.39 is 0 Å². The number of unbranched alkanes of at least 4 members (excludes halogenated alkanes) is 18. The molecule has 0 aliphatic rings. The van der Waals surface area contributed by atoms with Crippen molar-refractivity contribution < 1.29 is 0 Å². The third-order valence-electron chi connectivity index (χ3n) is 7.11. The van der Waals surface area contributed by atoms with Gasteiger partial charge in [0.05, 0.1) is 0 Å². The minimum absolute atomic E-state index is 1.12. The molecule has 37 heavy (non-hydrogen) atoms. The molecule has 1 N–H and O–H groups in total. The van der Waals surface area contributed by atoms with Crippen LogP contribution in [0, 0.1) is 0 Å². The SMILES string of the molecule is CCCCC/C=C/C/C=C/CCCCCCCCNCCCCCCCC/C=C/C/C=C/CCCCC. The zero-order valence-electron chi connectivity index (χ0n) is 25.5. The van der Waals surface area contributed by atoms with Crippen LogP contribution in [0.3, 0.4) is 0 Å². The summed E-state index contributed by atoms with van der Waals surface area (Å²) in [6.07, 6.45) is 50.9. The monoisotopic (exact) mass is 514 g/mol. The molecule has 216 valence electrons. The Balaban J connectivity index is 3.16. The van der Waals surface area contributed by atoms with Gasteiger partial charge in [-0.1, -0.05) is 140 Å². The molecule has 0 aromatic heterocycles. The van der Waals surface area contributed by atoms with Crippen molar-refractivity contribution in [1.29, 1.82) is 0 Å². The van der Waals surface area contributed by atoms with E-state index in [1.165, 1.54) is 154 Å². The Hall–Kier alpha value is -1.08. The van der Waals surface area contributed by atoms with Crippen molar-refractivity contribution in [3.05, 3.63) is 48.6 Å². The summed E-state index contributed by atoms with van der Waals surface area (Å²) in [6, 6.07) is 0. The van der Waals surface area contributed by atoms with Gasteiger partial charge in [-0.2, -0.15) is 0 Å². The van der Waals surface area contributed by atoms with Crippen LogP contribution < -0.4 is 5.32 Å². The van der Waals surface area contributed by atoms with E-state index >= 15 is 0 Å². The Morgan fingerprint density at radius 2 is 0.622 bits per heavy atom. The highest BCUT2D eigenvalue weighted by atomic mass is 14.8. The molecular weight excluding hydrogens is 446 g/mol. The molecule has 0 unspecified atom stereocenters. The molecule has 0 amide bonds. The van der Waals surface area contributed by atoms with Gasteiger partial charge in [-0.15, -0.1) is 0 Å². The topological polar surface area (TPSA) is 12.0 Å². The second kappa shape index (κ2) is 34.9. The van der Waals surface area contributed by atoms with Crippen LogP contribution in [-0.2, 0) is 0 Å². The fourth-order valence-corrected chi connectivity index (χ4v) is 4.60. The molecule has 0 atom stereocenters. The van der Waals surface area contributed by atoms with Crippen LogP contribution in [0.1, 0.15) is 168 Å². The van der Waals surface area contributed by atoms with Crippen molar-refractivity contribution in [2.75, 3.05) is 13.1 Å². The summed E-state index contributed by atoms with van der Waals surface area (Å²) in [5, 5.41) is 3.66. The molecule has 0 aliphatic heterocycles. The third-order valence-corrected chi connectivity index (χ3v) is 7.11. The lowest BCUT2D eigenvalue weighted by atomic mass is 10.1. The van der Waals surface area contributed by atoms with Gasteiger partial charge in [-0.25, -0.2) is 0 Å². The Labute approximate surface area is 234 Å². The fraction of sp³-hybridized carbons (Fsp3) is 0.778. The van der Waals surface area contributed by atoms with Crippen molar-refractivity contribution in [3.63, 3.8) is 0 Å². The number of nitrogens with one attached hydrogen (secondary N) is 1. The standard InChI is InChI=1S/C36H67N/c1-3-5-7-9-11-13-15-17-19-21-23-25-27-29-31-33-35-37-36-34-32-30-28-26-24-22-20-18-16-14-12-10-8-6-4-2/h11-14,17-20,37H,3-10,15-16,21-36H2,1-2H3/b13-11+,14-12+,19-17+,20-18+. The van der Waals surface area contributed by atoms with Crippen molar-refractivity contribution in [2.24, 2.45) is 0 Å². The van der Waals surface area contributed by atoms with E-state index in [1.54, 1.807) is 0 Å². The fourth-order valence-electron chi connectivity index (χ4n) is 4.60. The van der Waals surface area contributed by atoms with Crippen molar-refractivity contribution >= 4 is 0 Å². The zero-order chi connectivity index (χ0) is 26.7. The van der Waals surface area contributed by atoms with E-state index in [0.29, 0.717) is 0 Å². The number of rotatable bonds is 30. The van der Waals surface area contributed by atoms with E-state index in [1.807, 2.05) is 0 Å². The minimum Gasteiger partial charge on any atom is -0.317 e. The Kier molecular flexibility index (Phi) is 33.9. The average molecular weight is 514 g/mol. The van der Waals surface area contributed by atoms with Crippen molar-refractivity contribution in [2.45, 2.75) is 168 Å². The highest BCUT2D eigenvalue weighted by molar-refractivity contribution is 4.93. The van der Waals surface area contributed by atoms with E-state index in [0.717, 1.165) is 12.8 Å². The predicted molar refractivity (Wildman–Crippen MR) is 172 cm³/mol. The number of allylic oxidation sites excluding steroid dienone is 8. The first-order valence-corrected chi connectivity index (χ1v) is 16.7. The first-order chi connectivity index (χ1) is 18.4. The first-order valence-electron chi connectivity index (χ1n) is 16.7. The van der Waals surface area contributed by atoms with Crippen LogP contribution in [0.5, 0.6) is 0 Å². The molecule has 0 fully saturated rings. The van der Waals surface area contributed by atoms with E-state index in [2.05, 4.69) is 67.8 Å². The van der Waals surface area contributed by atoms with Crippen LogP contribution in [0.15, 0.2) is 48.6 Å². The molecule has 1 nitrogen and oxygen atoms in total. The molecule has 0 spiro atoms. The van der Waals surface area contributed by atoms with E-state index in [9.17, 15) is 0 Å². The maximum absolute atomic E-state index is 3.66. The van der Waals surface area contributed by atoms with Crippen LogP contribution in [0.4, 0.5) is 0 Å². The molecule has 0 radical (unpaired) electrons. The Bertz CT molecular complexity index is 467. The van der Waals surface area contributed by atoms with Gasteiger partial charge in [0.1, 0.15) is 0 Å². The molecule has 0 aromatic carbocycles. The lowest BCUT2D eigenvalue weighted by molar-refractivity contribution is 0.540. The molecule has 0 aromatic rings. The maximum atomic E-state index is 3.66. The summed E-state index contributed by atoms with van der Waals surface area (Å²) in [4.78, 5) is 0. The van der Waals surface area contributed by atoms with Crippen LogP contribution >= 0.6 is 0 Å². The third kappa shape index (κ3) is 34.9. The van der Waals surface area contributed by atoms with Crippen molar-refractivity contribution in [1.82, 2.24) is 5.32 Å². The van der Waals surface area contributed by atoms with Gasteiger partial charge in [0.25, 0.3) is 0 Å². The highest BCUT2D eigenvalue weighted by Gasteiger charge is 1.94. The van der Waals surface area contributed by atoms with E-state index in [-0.39, 0.29) is 0 Å². The lowest BCUT2D eigenvalue weighted by Gasteiger charge is -2.05. The van der Waals surface area contributed by atoms with Gasteiger partial charge in [0, 0.05) is 0 Å². The van der Waals surface area contributed by atoms with Gasteiger partial charge in [-0.3, -0.25) is 0 Å².